The Kier molecular flexibility index (Phi) is 4.49. The molecule has 2 aliphatic rings. The van der Waals surface area contributed by atoms with Crippen molar-refractivity contribution < 1.29 is 9.53 Å². The van der Waals surface area contributed by atoms with Gasteiger partial charge in [0.05, 0.1) is 6.10 Å². The van der Waals surface area contributed by atoms with E-state index in [9.17, 15) is 4.79 Å². The molecule has 1 amide bonds. The first-order valence-electron chi connectivity index (χ1n) is 7.23. The minimum Gasteiger partial charge on any atom is -0.384 e. The Morgan fingerprint density at radius 1 is 1.43 bits per heavy atom. The fraction of sp³-hybridized carbons (Fsp3) is 0.562. The number of hydrogen-bond donors (Lipinski definition) is 2. The predicted octanol–water partition coefficient (Wildman–Crippen LogP) is 2.62. The second-order valence-electron chi connectivity index (χ2n) is 6.36. The van der Waals surface area contributed by atoms with Gasteiger partial charge in [-0.2, -0.15) is 0 Å². The van der Waals surface area contributed by atoms with Gasteiger partial charge in [-0.3, -0.25) is 4.79 Å². The number of fused-ring (bicyclic) bond motifs is 1. The highest BCUT2D eigenvalue weighted by Gasteiger charge is 2.49. The van der Waals surface area contributed by atoms with Crippen molar-refractivity contribution in [1.29, 1.82) is 0 Å². The normalized spacial score (nSPS) is 25.1. The molecule has 1 aromatic carbocycles. The fourth-order valence-corrected chi connectivity index (χ4v) is 3.22. The summed E-state index contributed by atoms with van der Waals surface area (Å²) in [4.78, 5) is 12.4. The minimum atomic E-state index is 0. The SMILES string of the molecule is COC1CC(NC(=O)c2ccc3c(c2)CCN3)C1(C)C.Cl. The Bertz CT molecular complexity index is 545. The lowest BCUT2D eigenvalue weighted by atomic mass is 9.64. The van der Waals surface area contributed by atoms with Gasteiger partial charge in [0, 0.05) is 36.4 Å². The van der Waals surface area contributed by atoms with Crippen molar-refractivity contribution in [2.24, 2.45) is 5.41 Å². The molecule has 3 rings (SSSR count). The lowest BCUT2D eigenvalue weighted by molar-refractivity contribution is -0.0942. The molecule has 1 saturated carbocycles. The van der Waals surface area contributed by atoms with Crippen molar-refractivity contribution >= 4 is 24.0 Å². The summed E-state index contributed by atoms with van der Waals surface area (Å²) in [5.41, 5.74) is 3.15. The van der Waals surface area contributed by atoms with E-state index in [1.54, 1.807) is 7.11 Å². The maximum absolute atomic E-state index is 12.4. The van der Waals surface area contributed by atoms with Crippen LogP contribution in [-0.4, -0.2) is 31.7 Å². The van der Waals surface area contributed by atoms with Crippen molar-refractivity contribution in [3.05, 3.63) is 29.3 Å². The summed E-state index contributed by atoms with van der Waals surface area (Å²) in [6, 6.07) is 6.09. The zero-order valence-electron chi connectivity index (χ0n) is 12.7. The third-order valence-electron chi connectivity index (χ3n) is 4.84. The van der Waals surface area contributed by atoms with E-state index in [0.29, 0.717) is 0 Å². The van der Waals surface area contributed by atoms with E-state index in [-0.39, 0.29) is 35.9 Å². The second-order valence-corrected chi connectivity index (χ2v) is 6.36. The van der Waals surface area contributed by atoms with Gasteiger partial charge >= 0.3 is 0 Å². The highest BCUT2D eigenvalue weighted by atomic mass is 35.5. The Balaban J connectivity index is 0.00000161. The van der Waals surface area contributed by atoms with Crippen LogP contribution in [0.2, 0.25) is 0 Å². The van der Waals surface area contributed by atoms with Crippen LogP contribution in [0.15, 0.2) is 18.2 Å². The lowest BCUT2D eigenvalue weighted by Crippen LogP contribution is -2.61. The highest BCUT2D eigenvalue weighted by molar-refractivity contribution is 5.95. The molecular weight excluding hydrogens is 288 g/mol. The smallest absolute Gasteiger partial charge is 0.251 e. The minimum absolute atomic E-state index is 0. The molecule has 0 spiro atoms. The molecule has 4 nitrogen and oxygen atoms in total. The van der Waals surface area contributed by atoms with Gasteiger partial charge in [0.15, 0.2) is 0 Å². The maximum atomic E-state index is 12.4. The van der Waals surface area contributed by atoms with E-state index in [1.807, 2.05) is 18.2 Å². The number of benzene rings is 1. The van der Waals surface area contributed by atoms with E-state index in [1.165, 1.54) is 5.56 Å². The summed E-state index contributed by atoms with van der Waals surface area (Å²) in [6.07, 6.45) is 2.12. The average Bonchev–Trinajstić information content (AvgIpc) is 2.89. The topological polar surface area (TPSA) is 50.4 Å². The number of rotatable bonds is 3. The zero-order chi connectivity index (χ0) is 14.3. The third-order valence-corrected chi connectivity index (χ3v) is 4.84. The molecule has 1 heterocycles. The first kappa shape index (κ1) is 16.1. The Morgan fingerprint density at radius 3 is 2.86 bits per heavy atom. The summed E-state index contributed by atoms with van der Waals surface area (Å²) < 4.78 is 5.42. The molecule has 2 unspecified atom stereocenters. The molecule has 2 atom stereocenters. The Hall–Kier alpha value is -1.26. The number of anilines is 1. The maximum Gasteiger partial charge on any atom is 0.251 e. The molecule has 1 aromatic rings. The molecule has 1 aliphatic carbocycles. The van der Waals surface area contributed by atoms with Gasteiger partial charge in [-0.15, -0.1) is 12.4 Å². The summed E-state index contributed by atoms with van der Waals surface area (Å²) in [6.45, 7) is 5.25. The van der Waals surface area contributed by atoms with Gasteiger partial charge in [0.25, 0.3) is 5.91 Å². The fourth-order valence-electron chi connectivity index (χ4n) is 3.22. The van der Waals surface area contributed by atoms with E-state index >= 15 is 0 Å². The van der Waals surface area contributed by atoms with Crippen LogP contribution in [0.3, 0.4) is 0 Å². The molecule has 2 N–H and O–H groups in total. The summed E-state index contributed by atoms with van der Waals surface area (Å²) in [5, 5.41) is 6.45. The molecule has 0 bridgehead atoms. The molecule has 116 valence electrons. The largest absolute Gasteiger partial charge is 0.384 e. The van der Waals surface area contributed by atoms with Crippen LogP contribution in [0, 0.1) is 5.41 Å². The molecule has 0 radical (unpaired) electrons. The lowest BCUT2D eigenvalue weighted by Gasteiger charge is -2.51. The van der Waals surface area contributed by atoms with Gasteiger partial charge in [0.2, 0.25) is 0 Å². The first-order valence-corrected chi connectivity index (χ1v) is 7.23. The highest BCUT2D eigenvalue weighted by Crippen LogP contribution is 2.42. The van der Waals surface area contributed by atoms with Crippen LogP contribution in [0.1, 0.15) is 36.2 Å². The number of ether oxygens (including phenoxy) is 1. The van der Waals surface area contributed by atoms with E-state index in [4.69, 9.17) is 4.74 Å². The van der Waals surface area contributed by atoms with Crippen molar-refractivity contribution in [3.8, 4) is 0 Å². The summed E-state index contributed by atoms with van der Waals surface area (Å²) in [7, 11) is 1.73. The van der Waals surface area contributed by atoms with Crippen LogP contribution >= 0.6 is 12.4 Å². The molecule has 5 heteroatoms. The van der Waals surface area contributed by atoms with Gasteiger partial charge in [-0.05, 0) is 36.6 Å². The standard InChI is InChI=1S/C16H22N2O2.ClH/c1-16(2)13(9-14(16)20-3)18-15(19)11-4-5-12-10(8-11)6-7-17-12;/h4-5,8,13-14,17H,6-7,9H2,1-3H3,(H,18,19);1H. The molecule has 0 aromatic heterocycles. The number of amides is 1. The van der Waals surface area contributed by atoms with Gasteiger partial charge in [0.1, 0.15) is 0 Å². The molecule has 0 saturated heterocycles. The zero-order valence-corrected chi connectivity index (χ0v) is 13.5. The van der Waals surface area contributed by atoms with E-state index in [0.717, 1.165) is 30.6 Å². The Morgan fingerprint density at radius 2 is 2.19 bits per heavy atom. The number of methoxy groups -OCH3 is 1. The van der Waals surface area contributed by atoms with Crippen LogP contribution in [0.25, 0.3) is 0 Å². The Labute approximate surface area is 132 Å². The van der Waals surface area contributed by atoms with Gasteiger partial charge in [-0.1, -0.05) is 13.8 Å². The second kappa shape index (κ2) is 5.85. The number of nitrogens with one attached hydrogen (secondary N) is 2. The van der Waals surface area contributed by atoms with Crippen molar-refractivity contribution in [2.45, 2.75) is 38.8 Å². The van der Waals surface area contributed by atoms with E-state index < -0.39 is 0 Å². The number of carbonyl (C=O) groups excluding carboxylic acids is 1. The monoisotopic (exact) mass is 310 g/mol. The number of halogens is 1. The molecule has 21 heavy (non-hydrogen) atoms. The average molecular weight is 311 g/mol. The molecule has 1 aliphatic heterocycles. The van der Waals surface area contributed by atoms with Crippen LogP contribution < -0.4 is 10.6 Å². The van der Waals surface area contributed by atoms with Crippen molar-refractivity contribution in [2.75, 3.05) is 19.0 Å². The van der Waals surface area contributed by atoms with Crippen LogP contribution in [0.4, 0.5) is 5.69 Å². The predicted molar refractivity (Wildman–Crippen MR) is 86.3 cm³/mol. The van der Waals surface area contributed by atoms with Crippen molar-refractivity contribution in [1.82, 2.24) is 5.32 Å². The molecular formula is C16H23ClN2O2. The summed E-state index contributed by atoms with van der Waals surface area (Å²) >= 11 is 0. The van der Waals surface area contributed by atoms with Gasteiger partial charge in [-0.25, -0.2) is 0 Å². The number of hydrogen-bond acceptors (Lipinski definition) is 3. The molecule has 1 fully saturated rings. The van der Waals surface area contributed by atoms with Crippen LogP contribution in [-0.2, 0) is 11.2 Å². The third kappa shape index (κ3) is 2.74. The van der Waals surface area contributed by atoms with Crippen molar-refractivity contribution in [3.63, 3.8) is 0 Å². The first-order chi connectivity index (χ1) is 9.52. The van der Waals surface area contributed by atoms with E-state index in [2.05, 4.69) is 24.5 Å². The van der Waals surface area contributed by atoms with Crippen LogP contribution in [0.5, 0.6) is 0 Å². The van der Waals surface area contributed by atoms with Gasteiger partial charge < -0.3 is 15.4 Å². The number of carbonyl (C=O) groups is 1. The quantitative estimate of drug-likeness (QED) is 0.902. The summed E-state index contributed by atoms with van der Waals surface area (Å²) in [5.74, 6) is 0.0207.